The molecule has 5 rings (SSSR count). The van der Waals surface area contributed by atoms with Crippen LogP contribution < -0.4 is 4.90 Å². The van der Waals surface area contributed by atoms with Crippen LogP contribution in [-0.4, -0.2) is 41.2 Å². The van der Waals surface area contributed by atoms with E-state index in [0.717, 1.165) is 22.3 Å². The number of hydrogen-bond acceptors (Lipinski definition) is 5. The highest BCUT2D eigenvalue weighted by Crippen LogP contribution is 2.46. The number of phenols is 2. The minimum atomic E-state index is -0.513. The van der Waals surface area contributed by atoms with Crippen LogP contribution in [0.25, 0.3) is 11.1 Å². The Bertz CT molecular complexity index is 1130. The molecule has 3 aromatic carbocycles. The largest absolute Gasteiger partial charge is 0.508 e. The van der Waals surface area contributed by atoms with Gasteiger partial charge in [0.25, 0.3) is 0 Å². The maximum atomic E-state index is 13.1. The fourth-order valence-electron chi connectivity index (χ4n) is 5.11. The summed E-state index contributed by atoms with van der Waals surface area (Å²) in [7, 11) is 0. The summed E-state index contributed by atoms with van der Waals surface area (Å²) in [6, 6.07) is 19.1. The van der Waals surface area contributed by atoms with Gasteiger partial charge in [0.1, 0.15) is 18.1 Å². The van der Waals surface area contributed by atoms with E-state index in [4.69, 9.17) is 4.74 Å². The summed E-state index contributed by atoms with van der Waals surface area (Å²) in [6.07, 6.45) is 0.556. The monoisotopic (exact) mass is 431 g/mol. The first-order chi connectivity index (χ1) is 15.6. The van der Waals surface area contributed by atoms with Gasteiger partial charge in [0.2, 0.25) is 0 Å². The molecule has 1 aliphatic carbocycles. The molecule has 0 fully saturated rings. The number of carbonyl (C=O) groups is 1. The lowest BCUT2D eigenvalue weighted by molar-refractivity contribution is 0.149. The minimum absolute atomic E-state index is 0.0185. The van der Waals surface area contributed by atoms with Gasteiger partial charge in [0.15, 0.2) is 0 Å². The van der Waals surface area contributed by atoms with Crippen LogP contribution >= 0.6 is 0 Å². The second-order valence-electron chi connectivity index (χ2n) is 8.35. The van der Waals surface area contributed by atoms with Crippen LogP contribution in [0.3, 0.4) is 0 Å². The Morgan fingerprint density at radius 1 is 1.00 bits per heavy atom. The molecule has 0 spiro atoms. The maximum Gasteiger partial charge on any atom is 0.414 e. The van der Waals surface area contributed by atoms with Gasteiger partial charge in [-0.15, -0.1) is 0 Å². The molecule has 1 atom stereocenters. The normalized spacial score (nSPS) is 16.9. The van der Waals surface area contributed by atoms with Crippen molar-refractivity contribution in [2.45, 2.75) is 24.7 Å². The fourth-order valence-corrected chi connectivity index (χ4v) is 5.11. The van der Waals surface area contributed by atoms with Crippen molar-refractivity contribution < 1.29 is 24.9 Å². The van der Waals surface area contributed by atoms with Crippen molar-refractivity contribution in [3.05, 3.63) is 77.4 Å². The van der Waals surface area contributed by atoms with Gasteiger partial charge in [-0.1, -0.05) is 48.5 Å². The quantitative estimate of drug-likeness (QED) is 0.556. The van der Waals surface area contributed by atoms with Crippen molar-refractivity contribution in [2.75, 3.05) is 24.7 Å². The van der Waals surface area contributed by atoms with Crippen LogP contribution in [0.2, 0.25) is 0 Å². The van der Waals surface area contributed by atoms with Gasteiger partial charge in [-0.3, -0.25) is 4.90 Å². The van der Waals surface area contributed by atoms with Crippen LogP contribution in [0.1, 0.15) is 41.4 Å². The molecule has 3 N–H and O–H groups in total. The average molecular weight is 431 g/mol. The molecule has 0 bridgehead atoms. The Kier molecular flexibility index (Phi) is 5.23. The Balaban J connectivity index is 1.40. The number of hydrogen-bond donors (Lipinski definition) is 3. The molecule has 6 nitrogen and oxygen atoms in total. The number of carbonyl (C=O) groups excluding carboxylic acids is 1. The number of phenolic OH excluding ortho intramolecular Hbond substituents is 2. The van der Waals surface area contributed by atoms with Gasteiger partial charge < -0.3 is 20.1 Å². The first-order valence-corrected chi connectivity index (χ1v) is 10.9. The third kappa shape index (κ3) is 3.37. The van der Waals surface area contributed by atoms with Crippen LogP contribution in [0.4, 0.5) is 10.5 Å². The van der Waals surface area contributed by atoms with E-state index in [1.165, 1.54) is 17.0 Å². The first kappa shape index (κ1) is 20.4. The molecule has 164 valence electrons. The standard InChI is InChI=1S/C26H25NO5/c28-12-10-16-9-11-27(23-13-17(29)14-24(30)25(16)23)26(31)32-15-22-20-7-3-1-5-18(20)19-6-2-4-8-21(19)22/h1-8,13-14,16,22,28-30H,9-12,15H2/t16-/m0/s1. The third-order valence-electron chi connectivity index (χ3n) is 6.56. The summed E-state index contributed by atoms with van der Waals surface area (Å²) >= 11 is 0. The molecule has 0 radical (unpaired) electrons. The zero-order valence-electron chi connectivity index (χ0n) is 17.6. The van der Waals surface area contributed by atoms with Crippen molar-refractivity contribution >= 4 is 11.8 Å². The Morgan fingerprint density at radius 3 is 2.31 bits per heavy atom. The number of benzene rings is 3. The highest BCUT2D eigenvalue weighted by Gasteiger charge is 2.34. The molecule has 1 heterocycles. The van der Waals surface area contributed by atoms with Gasteiger partial charge >= 0.3 is 6.09 Å². The second kappa shape index (κ2) is 8.20. The lowest BCUT2D eigenvalue weighted by Crippen LogP contribution is -2.38. The molecule has 0 saturated heterocycles. The molecule has 0 aromatic heterocycles. The second-order valence-corrected chi connectivity index (χ2v) is 8.35. The number of anilines is 1. The number of aliphatic hydroxyl groups excluding tert-OH is 1. The number of rotatable bonds is 4. The molecule has 1 amide bonds. The Labute approximate surface area is 186 Å². The number of nitrogens with zero attached hydrogens (tertiary/aromatic N) is 1. The van der Waals surface area contributed by atoms with Gasteiger partial charge in [-0.05, 0) is 41.0 Å². The molecule has 6 heteroatoms. The number of fused-ring (bicyclic) bond motifs is 4. The maximum absolute atomic E-state index is 13.1. The lowest BCUT2D eigenvalue weighted by atomic mass is 9.87. The van der Waals surface area contributed by atoms with Crippen LogP contribution in [-0.2, 0) is 4.74 Å². The van der Waals surface area contributed by atoms with Gasteiger partial charge in [0, 0.05) is 36.8 Å². The number of aliphatic hydroxyl groups is 1. The number of aromatic hydroxyl groups is 2. The zero-order chi connectivity index (χ0) is 22.2. The first-order valence-electron chi connectivity index (χ1n) is 10.9. The summed E-state index contributed by atoms with van der Waals surface area (Å²) in [5.41, 5.74) is 5.60. The molecular formula is C26H25NO5. The summed E-state index contributed by atoms with van der Waals surface area (Å²) in [6.45, 7) is 0.566. The van der Waals surface area contributed by atoms with Crippen molar-refractivity contribution in [3.8, 4) is 22.6 Å². The van der Waals surface area contributed by atoms with Crippen LogP contribution in [0.15, 0.2) is 60.7 Å². The summed E-state index contributed by atoms with van der Waals surface area (Å²) in [5, 5.41) is 29.8. The van der Waals surface area contributed by atoms with Gasteiger partial charge in [0.05, 0.1) is 5.69 Å². The summed E-state index contributed by atoms with van der Waals surface area (Å²) in [5.74, 6) is -0.333. The minimum Gasteiger partial charge on any atom is -0.508 e. The predicted octanol–water partition coefficient (Wildman–Crippen LogP) is 4.72. The Hall–Kier alpha value is -3.51. The molecular weight excluding hydrogens is 406 g/mol. The van der Waals surface area contributed by atoms with Crippen molar-refractivity contribution in [1.82, 2.24) is 0 Å². The van der Waals surface area contributed by atoms with Crippen molar-refractivity contribution in [3.63, 3.8) is 0 Å². The van der Waals surface area contributed by atoms with Crippen LogP contribution in [0, 0.1) is 0 Å². The molecule has 3 aromatic rings. The van der Waals surface area contributed by atoms with E-state index in [2.05, 4.69) is 24.3 Å². The highest BCUT2D eigenvalue weighted by molar-refractivity contribution is 5.91. The average Bonchev–Trinajstić information content (AvgIpc) is 3.11. The van der Waals surface area contributed by atoms with E-state index in [0.29, 0.717) is 30.6 Å². The van der Waals surface area contributed by atoms with Crippen LogP contribution in [0.5, 0.6) is 11.5 Å². The number of amides is 1. The van der Waals surface area contributed by atoms with E-state index in [-0.39, 0.29) is 36.5 Å². The molecule has 0 saturated carbocycles. The van der Waals surface area contributed by atoms with E-state index in [9.17, 15) is 20.1 Å². The molecule has 32 heavy (non-hydrogen) atoms. The summed E-state index contributed by atoms with van der Waals surface area (Å²) in [4.78, 5) is 14.6. The highest BCUT2D eigenvalue weighted by atomic mass is 16.6. The molecule has 0 unspecified atom stereocenters. The van der Waals surface area contributed by atoms with Crippen molar-refractivity contribution in [2.24, 2.45) is 0 Å². The summed E-state index contributed by atoms with van der Waals surface area (Å²) < 4.78 is 5.79. The predicted molar refractivity (Wildman–Crippen MR) is 121 cm³/mol. The van der Waals surface area contributed by atoms with Gasteiger partial charge in [-0.2, -0.15) is 0 Å². The van der Waals surface area contributed by atoms with E-state index in [1.54, 1.807) is 0 Å². The molecule has 2 aliphatic rings. The van der Waals surface area contributed by atoms with Crippen molar-refractivity contribution in [1.29, 1.82) is 0 Å². The topological polar surface area (TPSA) is 90.2 Å². The fraction of sp³-hybridized carbons (Fsp3) is 0.269. The zero-order valence-corrected chi connectivity index (χ0v) is 17.6. The van der Waals surface area contributed by atoms with E-state index < -0.39 is 6.09 Å². The SMILES string of the molecule is O=C(OCC1c2ccccc2-c2ccccc21)N1CC[C@@H](CCO)c2c(O)cc(O)cc21. The molecule has 1 aliphatic heterocycles. The van der Waals surface area contributed by atoms with Gasteiger partial charge in [-0.25, -0.2) is 4.79 Å². The number of ether oxygens (including phenoxy) is 1. The third-order valence-corrected chi connectivity index (χ3v) is 6.56. The smallest absolute Gasteiger partial charge is 0.414 e. The lowest BCUT2D eigenvalue weighted by Gasteiger charge is -2.34. The van der Waals surface area contributed by atoms with E-state index >= 15 is 0 Å². The Morgan fingerprint density at radius 2 is 1.66 bits per heavy atom. The van der Waals surface area contributed by atoms with E-state index in [1.807, 2.05) is 24.3 Å².